The monoisotopic (exact) mass is 595 g/mol. The zero-order valence-electron chi connectivity index (χ0n) is 25.9. The van der Waals surface area contributed by atoms with Crippen LogP contribution in [0.25, 0.3) is 66.8 Å². The van der Waals surface area contributed by atoms with Crippen molar-refractivity contribution in [3.63, 3.8) is 0 Å². The molecule has 4 heteroatoms. The molecule has 9 rings (SSSR count). The molecule has 3 heterocycles. The Kier molecular flexibility index (Phi) is 6.96. The quantitative estimate of drug-likeness (QED) is 0.190. The van der Waals surface area contributed by atoms with Gasteiger partial charge in [-0.05, 0) is 125 Å². The average Bonchev–Trinajstić information content (AvgIpc) is 3.93. The summed E-state index contributed by atoms with van der Waals surface area (Å²) >= 11 is 0. The topological polar surface area (TPSA) is 35.9 Å². The van der Waals surface area contributed by atoms with Crippen molar-refractivity contribution in [2.75, 3.05) is 0 Å². The number of furan rings is 1. The highest BCUT2D eigenvalue weighted by Crippen LogP contribution is 2.41. The van der Waals surface area contributed by atoms with E-state index in [4.69, 9.17) is 4.42 Å². The Labute approximate surface area is 268 Å². The number of hydrogen-bond donors (Lipinski definition) is 0. The van der Waals surface area contributed by atoms with Crippen molar-refractivity contribution in [3.05, 3.63) is 163 Å². The number of benzene rings is 5. The maximum Gasteiger partial charge on any atom is 0.138 e. The second-order valence-corrected chi connectivity index (χ2v) is 11.6. The molecule has 8 aromatic rings. The van der Waals surface area contributed by atoms with Crippen molar-refractivity contribution >= 4 is 21.9 Å². The molecule has 0 fully saturated rings. The molecule has 4 nitrogen and oxygen atoms in total. The molecule has 0 saturated heterocycles. The maximum absolute atomic E-state index is 6.23. The number of hydrogen-bond acceptors (Lipinski definition) is 2. The molecule has 0 saturated carbocycles. The standard InChI is InChI=1S/C38H25N3O.C4H8/c1-2-6-25(7-3-1)26-12-15-36-34(22-26)35-23-28(13-16-37(35)42-36)27-9-10-29-20-30-11-14-31(24-33(30)32(29)21-27)40-18-4-8-38(40)41-19-5-17-39-41;1-3-4-2/h1-19,21-24H,20H2;3-4H,1-2H3/b;4-3-. The summed E-state index contributed by atoms with van der Waals surface area (Å²) in [6.07, 6.45) is 10.8. The summed E-state index contributed by atoms with van der Waals surface area (Å²) in [5.41, 5.74) is 13.1. The summed E-state index contributed by atoms with van der Waals surface area (Å²) in [4.78, 5) is 0. The van der Waals surface area contributed by atoms with Crippen molar-refractivity contribution in [2.24, 2.45) is 0 Å². The van der Waals surface area contributed by atoms with Gasteiger partial charge in [-0.1, -0.05) is 72.8 Å². The van der Waals surface area contributed by atoms with Crippen LogP contribution in [0, 0.1) is 0 Å². The van der Waals surface area contributed by atoms with Crippen molar-refractivity contribution in [1.82, 2.24) is 14.3 Å². The van der Waals surface area contributed by atoms with Crippen molar-refractivity contribution in [1.29, 1.82) is 0 Å². The van der Waals surface area contributed by atoms with Crippen LogP contribution in [0.15, 0.2) is 156 Å². The molecule has 1 aliphatic carbocycles. The van der Waals surface area contributed by atoms with Gasteiger partial charge in [0.15, 0.2) is 0 Å². The van der Waals surface area contributed by atoms with Gasteiger partial charge in [0.05, 0.1) is 0 Å². The number of allylic oxidation sites excluding steroid dienone is 2. The molecule has 1 aliphatic rings. The largest absolute Gasteiger partial charge is 0.456 e. The third-order valence-corrected chi connectivity index (χ3v) is 8.86. The van der Waals surface area contributed by atoms with E-state index < -0.39 is 0 Å². The predicted octanol–water partition coefficient (Wildman–Crippen LogP) is 11.0. The Hall–Kier alpha value is -5.87. The number of rotatable bonds is 4. The third-order valence-electron chi connectivity index (χ3n) is 8.86. The van der Waals surface area contributed by atoms with Gasteiger partial charge in [0.2, 0.25) is 0 Å². The van der Waals surface area contributed by atoms with E-state index in [1.54, 1.807) is 0 Å². The first kappa shape index (κ1) is 27.7. The van der Waals surface area contributed by atoms with E-state index in [1.165, 1.54) is 44.5 Å². The fourth-order valence-electron chi connectivity index (χ4n) is 6.43. The van der Waals surface area contributed by atoms with E-state index in [2.05, 4.69) is 131 Å². The summed E-state index contributed by atoms with van der Waals surface area (Å²) in [6.45, 7) is 4.00. The normalized spacial score (nSPS) is 12.0. The molecule has 0 atom stereocenters. The summed E-state index contributed by atoms with van der Waals surface area (Å²) in [5.74, 6) is 1.02. The lowest BCUT2D eigenvalue weighted by Gasteiger charge is -2.12. The van der Waals surface area contributed by atoms with Crippen LogP contribution in [-0.4, -0.2) is 14.3 Å². The first-order valence-corrected chi connectivity index (χ1v) is 15.7. The SMILES string of the molecule is C/C=C\C.c1ccc(-c2ccc3oc4ccc(-c5ccc6c(c5)-c5cc(-n7cccc7-n7cccn7)ccc5C6)cc4c3c2)cc1. The molecule has 0 radical (unpaired) electrons. The van der Waals surface area contributed by atoms with E-state index in [9.17, 15) is 0 Å². The van der Waals surface area contributed by atoms with E-state index in [-0.39, 0.29) is 0 Å². The highest BCUT2D eigenvalue weighted by Gasteiger charge is 2.21. The highest BCUT2D eigenvalue weighted by molar-refractivity contribution is 6.07. The predicted molar refractivity (Wildman–Crippen MR) is 190 cm³/mol. The minimum absolute atomic E-state index is 0.912. The second-order valence-electron chi connectivity index (χ2n) is 11.6. The first-order valence-electron chi connectivity index (χ1n) is 15.7. The van der Waals surface area contributed by atoms with Crippen molar-refractivity contribution in [3.8, 4) is 44.9 Å². The van der Waals surface area contributed by atoms with Gasteiger partial charge in [-0.3, -0.25) is 0 Å². The Morgan fingerprint density at radius 2 is 1.24 bits per heavy atom. The van der Waals surface area contributed by atoms with Crippen LogP contribution in [0.5, 0.6) is 0 Å². The fraction of sp³-hybridized carbons (Fsp3) is 0.0714. The summed E-state index contributed by atoms with van der Waals surface area (Å²) in [7, 11) is 0. The van der Waals surface area contributed by atoms with Crippen LogP contribution in [0.3, 0.4) is 0 Å². The Morgan fingerprint density at radius 3 is 1.93 bits per heavy atom. The molecule has 0 spiro atoms. The van der Waals surface area contributed by atoms with Crippen LogP contribution in [-0.2, 0) is 6.42 Å². The first-order chi connectivity index (χ1) is 22.7. The molecule has 0 amide bonds. The van der Waals surface area contributed by atoms with E-state index in [0.29, 0.717) is 0 Å². The van der Waals surface area contributed by atoms with Crippen molar-refractivity contribution in [2.45, 2.75) is 20.3 Å². The van der Waals surface area contributed by atoms with Crippen LogP contribution < -0.4 is 0 Å². The third kappa shape index (κ3) is 4.85. The lowest BCUT2D eigenvalue weighted by atomic mass is 9.97. The maximum atomic E-state index is 6.23. The van der Waals surface area contributed by atoms with E-state index >= 15 is 0 Å². The Balaban J connectivity index is 0.000000740. The van der Waals surface area contributed by atoms with Crippen LogP contribution in [0.2, 0.25) is 0 Å². The molecule has 46 heavy (non-hydrogen) atoms. The van der Waals surface area contributed by atoms with Gasteiger partial charge in [0.25, 0.3) is 0 Å². The Morgan fingerprint density at radius 1 is 0.587 bits per heavy atom. The molecule has 5 aromatic carbocycles. The van der Waals surface area contributed by atoms with Gasteiger partial charge >= 0.3 is 0 Å². The molecule has 0 bridgehead atoms. The molecule has 0 aliphatic heterocycles. The van der Waals surface area contributed by atoms with Gasteiger partial charge in [0, 0.05) is 35.1 Å². The molecule has 0 unspecified atom stereocenters. The van der Waals surface area contributed by atoms with Crippen LogP contribution in [0.4, 0.5) is 0 Å². The number of fused-ring (bicyclic) bond motifs is 6. The second kappa shape index (κ2) is 11.6. The van der Waals surface area contributed by atoms with Crippen LogP contribution >= 0.6 is 0 Å². The number of nitrogens with zero attached hydrogens (tertiary/aromatic N) is 3. The van der Waals surface area contributed by atoms with Crippen LogP contribution in [0.1, 0.15) is 25.0 Å². The molecular formula is C42H33N3O. The minimum atomic E-state index is 0.912. The van der Waals surface area contributed by atoms with Gasteiger partial charge in [-0.25, -0.2) is 4.68 Å². The summed E-state index contributed by atoms with van der Waals surface area (Å²) in [6, 6.07) is 43.3. The fourth-order valence-corrected chi connectivity index (χ4v) is 6.43. The lowest BCUT2D eigenvalue weighted by Crippen LogP contribution is -2.03. The summed E-state index contributed by atoms with van der Waals surface area (Å²) in [5, 5.41) is 6.73. The van der Waals surface area contributed by atoms with Gasteiger partial charge in [-0.2, -0.15) is 5.10 Å². The highest BCUT2D eigenvalue weighted by atomic mass is 16.3. The average molecular weight is 596 g/mol. The minimum Gasteiger partial charge on any atom is -0.456 e. The van der Waals surface area contributed by atoms with E-state index in [1.807, 2.05) is 49.1 Å². The molecule has 0 N–H and O–H groups in total. The van der Waals surface area contributed by atoms with E-state index in [0.717, 1.165) is 39.9 Å². The molecule has 222 valence electrons. The summed E-state index contributed by atoms with van der Waals surface area (Å²) < 4.78 is 10.3. The number of aromatic nitrogens is 3. The van der Waals surface area contributed by atoms with Gasteiger partial charge < -0.3 is 8.98 Å². The molecule has 3 aromatic heterocycles. The van der Waals surface area contributed by atoms with Gasteiger partial charge in [0.1, 0.15) is 17.0 Å². The smallest absolute Gasteiger partial charge is 0.138 e. The lowest BCUT2D eigenvalue weighted by molar-refractivity contribution is 0.669. The van der Waals surface area contributed by atoms with Gasteiger partial charge in [-0.15, -0.1) is 0 Å². The zero-order valence-corrected chi connectivity index (χ0v) is 25.9. The Bertz CT molecular complexity index is 2350. The zero-order chi connectivity index (χ0) is 31.0. The molecular weight excluding hydrogens is 562 g/mol. The van der Waals surface area contributed by atoms with Crippen molar-refractivity contribution < 1.29 is 4.42 Å².